The van der Waals surface area contributed by atoms with Gasteiger partial charge in [-0.15, -0.1) is 0 Å². The van der Waals surface area contributed by atoms with Gasteiger partial charge in [0.25, 0.3) is 5.56 Å². The second-order valence-electron chi connectivity index (χ2n) is 4.41. The highest BCUT2D eigenvalue weighted by Gasteiger charge is 2.47. The third-order valence-corrected chi connectivity index (χ3v) is 3.05. The Kier molecular flexibility index (Phi) is 4.53. The van der Waals surface area contributed by atoms with E-state index in [1.165, 1.54) is 0 Å². The highest BCUT2D eigenvalue weighted by atomic mass is 16.6. The number of nitrogens with one attached hydrogen (secondary N) is 1. The highest BCUT2D eigenvalue weighted by Crippen LogP contribution is 2.30. The molecule has 4 atom stereocenters. The average Bonchev–Trinajstić information content (AvgIpc) is 2.76. The molecule has 1 aliphatic heterocycles. The second kappa shape index (κ2) is 6.18. The molecule has 1 aliphatic rings. The Labute approximate surface area is 117 Å². The molecule has 0 bridgehead atoms. The maximum absolute atomic E-state index is 11.7. The molecule has 5 N–H and O–H groups in total. The predicted molar refractivity (Wildman–Crippen MR) is 67.3 cm³/mol. The molecule has 2 rings (SSSR count). The average molecular weight is 301 g/mol. The zero-order chi connectivity index (χ0) is 15.6. The number of nitrogens with two attached hydrogens (primary N) is 1. The van der Waals surface area contributed by atoms with E-state index in [2.05, 4.69) is 0 Å². The van der Waals surface area contributed by atoms with Crippen molar-refractivity contribution in [1.29, 1.82) is 0 Å². The first-order valence-electron chi connectivity index (χ1n) is 6.13. The van der Waals surface area contributed by atoms with Gasteiger partial charge in [-0.3, -0.25) is 19.1 Å². The molecular weight excluding hydrogens is 286 g/mol. The number of hydrogen-bond donors (Lipinski definition) is 4. The maximum atomic E-state index is 11.7. The fraction of sp³-hybridized carbons (Fsp3) is 0.545. The van der Waals surface area contributed by atoms with Crippen LogP contribution in [0.25, 0.3) is 0 Å². The number of rotatable bonds is 4. The lowest BCUT2D eigenvalue weighted by atomic mass is 10.1. The Morgan fingerprint density at radius 1 is 1.52 bits per heavy atom. The summed E-state index contributed by atoms with van der Waals surface area (Å²) in [5.74, 6) is -0.782. The van der Waals surface area contributed by atoms with Gasteiger partial charge in [0.05, 0.1) is 13.2 Å². The minimum Gasteiger partial charge on any atom is -0.456 e. The molecule has 10 nitrogen and oxygen atoms in total. The first-order valence-corrected chi connectivity index (χ1v) is 6.13. The number of aromatic nitrogens is 2. The smallest absolute Gasteiger partial charge is 0.330 e. The van der Waals surface area contributed by atoms with Crippen molar-refractivity contribution in [2.45, 2.75) is 24.5 Å². The number of aromatic amines is 1. The van der Waals surface area contributed by atoms with Crippen molar-refractivity contribution in [3.05, 3.63) is 33.1 Å². The molecule has 21 heavy (non-hydrogen) atoms. The summed E-state index contributed by atoms with van der Waals surface area (Å²) in [4.78, 5) is 35.9. The predicted octanol–water partition coefficient (Wildman–Crippen LogP) is -3.34. The Balaban J connectivity index is 2.28. The molecule has 1 fully saturated rings. The maximum Gasteiger partial charge on any atom is 0.330 e. The Hall–Kier alpha value is -2.01. The summed E-state index contributed by atoms with van der Waals surface area (Å²) >= 11 is 0. The van der Waals surface area contributed by atoms with E-state index in [4.69, 9.17) is 15.2 Å². The van der Waals surface area contributed by atoms with E-state index in [0.29, 0.717) is 0 Å². The zero-order valence-electron chi connectivity index (χ0n) is 10.8. The van der Waals surface area contributed by atoms with E-state index < -0.39 is 54.9 Å². The molecule has 116 valence electrons. The lowest BCUT2D eigenvalue weighted by Crippen LogP contribution is -2.40. The van der Waals surface area contributed by atoms with Crippen LogP contribution < -0.4 is 17.0 Å². The van der Waals surface area contributed by atoms with Crippen LogP contribution in [0.5, 0.6) is 0 Å². The summed E-state index contributed by atoms with van der Waals surface area (Å²) in [6, 6.07) is 1.07. The third kappa shape index (κ3) is 3.03. The van der Waals surface area contributed by atoms with Gasteiger partial charge in [0.1, 0.15) is 12.2 Å². The first-order chi connectivity index (χ1) is 9.97. The van der Waals surface area contributed by atoms with Gasteiger partial charge in [0.15, 0.2) is 12.3 Å². The molecule has 0 amide bonds. The number of aliphatic hydroxyl groups is 2. The van der Waals surface area contributed by atoms with E-state index in [9.17, 15) is 24.6 Å². The van der Waals surface area contributed by atoms with Gasteiger partial charge in [-0.05, 0) is 0 Å². The van der Waals surface area contributed by atoms with E-state index >= 15 is 0 Å². The van der Waals surface area contributed by atoms with E-state index in [0.717, 1.165) is 16.8 Å². The van der Waals surface area contributed by atoms with Crippen LogP contribution >= 0.6 is 0 Å². The fourth-order valence-electron chi connectivity index (χ4n) is 2.07. The van der Waals surface area contributed by atoms with Crippen molar-refractivity contribution in [1.82, 2.24) is 9.55 Å². The molecule has 1 saturated heterocycles. The number of esters is 1. The monoisotopic (exact) mass is 301 g/mol. The number of carbonyl (C=O) groups excluding carboxylic acids is 1. The number of H-pyrrole nitrogens is 1. The largest absolute Gasteiger partial charge is 0.456 e. The van der Waals surface area contributed by atoms with Crippen LogP contribution in [0.1, 0.15) is 6.23 Å². The molecular formula is C11H15N3O7. The molecule has 0 spiro atoms. The van der Waals surface area contributed by atoms with Gasteiger partial charge in [0.2, 0.25) is 0 Å². The van der Waals surface area contributed by atoms with Crippen LogP contribution in [-0.4, -0.2) is 57.2 Å². The van der Waals surface area contributed by atoms with Crippen LogP contribution in [0.15, 0.2) is 21.9 Å². The molecule has 0 aliphatic carbocycles. The third-order valence-electron chi connectivity index (χ3n) is 3.05. The number of aliphatic hydroxyl groups excluding tert-OH is 2. The van der Waals surface area contributed by atoms with Gasteiger partial charge < -0.3 is 25.4 Å². The van der Waals surface area contributed by atoms with Gasteiger partial charge in [-0.25, -0.2) is 4.79 Å². The van der Waals surface area contributed by atoms with Crippen molar-refractivity contribution in [2.75, 3.05) is 13.2 Å². The number of ether oxygens (including phenoxy) is 2. The number of hydrogen-bond acceptors (Lipinski definition) is 8. The van der Waals surface area contributed by atoms with Crippen molar-refractivity contribution < 1.29 is 24.5 Å². The first kappa shape index (κ1) is 15.4. The van der Waals surface area contributed by atoms with Crippen LogP contribution in [-0.2, 0) is 14.3 Å². The minimum absolute atomic E-state index is 0.398. The fourth-order valence-corrected chi connectivity index (χ4v) is 2.07. The van der Waals surface area contributed by atoms with Crippen molar-refractivity contribution >= 4 is 5.97 Å². The quantitative estimate of drug-likeness (QED) is 0.420. The summed E-state index contributed by atoms with van der Waals surface area (Å²) in [6.45, 7) is -0.932. The van der Waals surface area contributed by atoms with Crippen LogP contribution in [0.3, 0.4) is 0 Å². The zero-order valence-corrected chi connectivity index (χ0v) is 10.8. The SMILES string of the molecule is NCC(=O)O[C@H]1[C@@H](O)[C@H](n2ccc(=O)[nH]c2=O)O[C@@H]1CO. The number of carbonyl (C=O) groups is 1. The highest BCUT2D eigenvalue weighted by molar-refractivity contribution is 5.71. The standard InChI is InChI=1S/C11H15N3O7/c12-3-7(17)21-9-5(4-15)20-10(8(9)18)14-2-1-6(16)13-11(14)19/h1-2,5,8-10,15,18H,3-4,12H2,(H,13,16,19)/t5-,8-,9-,10-/m1/s1. The molecule has 1 aromatic heterocycles. The molecule has 2 heterocycles. The summed E-state index contributed by atoms with van der Waals surface area (Å²) in [6.07, 6.45) is -3.66. The van der Waals surface area contributed by atoms with Crippen molar-refractivity contribution in [3.63, 3.8) is 0 Å². The van der Waals surface area contributed by atoms with Crippen LogP contribution in [0.2, 0.25) is 0 Å². The Bertz CT molecular complexity index is 625. The molecule has 0 unspecified atom stereocenters. The lowest BCUT2D eigenvalue weighted by Gasteiger charge is -2.19. The summed E-state index contributed by atoms with van der Waals surface area (Å²) in [7, 11) is 0. The summed E-state index contributed by atoms with van der Waals surface area (Å²) in [5.41, 5.74) is 3.71. The molecule has 0 aromatic carbocycles. The lowest BCUT2D eigenvalue weighted by molar-refractivity contribution is -0.154. The normalized spacial score (nSPS) is 28.5. The topological polar surface area (TPSA) is 157 Å². The Morgan fingerprint density at radius 3 is 2.81 bits per heavy atom. The minimum atomic E-state index is -1.40. The summed E-state index contributed by atoms with van der Waals surface area (Å²) in [5, 5.41) is 19.3. The van der Waals surface area contributed by atoms with Gasteiger partial charge >= 0.3 is 11.7 Å². The Morgan fingerprint density at radius 2 is 2.24 bits per heavy atom. The van der Waals surface area contributed by atoms with E-state index in [1.807, 2.05) is 4.98 Å². The van der Waals surface area contributed by atoms with Gasteiger partial charge in [0, 0.05) is 12.3 Å². The molecule has 10 heteroatoms. The van der Waals surface area contributed by atoms with Crippen LogP contribution in [0, 0.1) is 0 Å². The number of nitrogens with zero attached hydrogens (tertiary/aromatic N) is 1. The van der Waals surface area contributed by atoms with Gasteiger partial charge in [-0.1, -0.05) is 0 Å². The van der Waals surface area contributed by atoms with Crippen molar-refractivity contribution in [2.24, 2.45) is 5.73 Å². The van der Waals surface area contributed by atoms with E-state index in [-0.39, 0.29) is 0 Å². The molecule has 1 aromatic rings. The molecule has 0 radical (unpaired) electrons. The van der Waals surface area contributed by atoms with Crippen molar-refractivity contribution in [3.8, 4) is 0 Å². The van der Waals surface area contributed by atoms with Crippen LogP contribution in [0.4, 0.5) is 0 Å². The summed E-state index contributed by atoms with van der Waals surface area (Å²) < 4.78 is 11.2. The van der Waals surface area contributed by atoms with Gasteiger partial charge in [-0.2, -0.15) is 0 Å². The molecule has 0 saturated carbocycles. The second-order valence-corrected chi connectivity index (χ2v) is 4.41. The van der Waals surface area contributed by atoms with E-state index in [1.54, 1.807) is 0 Å².